The summed E-state index contributed by atoms with van der Waals surface area (Å²) in [5, 5.41) is 16.3. The number of pyridine rings is 1. The zero-order valence-electron chi connectivity index (χ0n) is 13.0. The van der Waals surface area contributed by atoms with Gasteiger partial charge < -0.3 is 5.32 Å². The summed E-state index contributed by atoms with van der Waals surface area (Å²) in [7, 11) is 0. The maximum absolute atomic E-state index is 12.2. The Kier molecular flexibility index (Phi) is 3.90. The summed E-state index contributed by atoms with van der Waals surface area (Å²) < 4.78 is 1.71. The van der Waals surface area contributed by atoms with Crippen molar-refractivity contribution >= 4 is 39.5 Å². The average Bonchev–Trinajstić information content (AvgIpc) is 3.18. The number of hydrogen-bond acceptors (Lipinski definition) is 6. The molecule has 4 aromatic rings. The second-order valence-electron chi connectivity index (χ2n) is 5.22. The third kappa shape index (κ3) is 2.97. The van der Waals surface area contributed by atoms with Gasteiger partial charge in [-0.3, -0.25) is 4.79 Å². The molecule has 0 bridgehead atoms. The fourth-order valence-corrected chi connectivity index (χ4v) is 3.38. The molecule has 9 heteroatoms. The van der Waals surface area contributed by atoms with E-state index < -0.39 is 0 Å². The number of amides is 1. The first-order chi connectivity index (χ1) is 12.1. The number of aryl methyl sites for hydroxylation is 1. The van der Waals surface area contributed by atoms with Crippen LogP contribution in [0.5, 0.6) is 0 Å². The standard InChI is InChI=1S/C16H11ClN6OS/c1-9-20-21-16-23(9)22-15(25-16)10-4-6-11(7-5-10)19-14(24)12-3-2-8-18-13(12)17/h2-8H,1H3,(H,19,24). The zero-order chi connectivity index (χ0) is 17.4. The molecule has 0 fully saturated rings. The van der Waals surface area contributed by atoms with Crippen LogP contribution in [0.2, 0.25) is 5.15 Å². The molecule has 0 aliphatic heterocycles. The van der Waals surface area contributed by atoms with Crippen molar-refractivity contribution in [2.45, 2.75) is 6.92 Å². The second kappa shape index (κ2) is 6.23. The van der Waals surface area contributed by atoms with E-state index >= 15 is 0 Å². The van der Waals surface area contributed by atoms with E-state index in [-0.39, 0.29) is 11.1 Å². The highest BCUT2D eigenvalue weighted by Gasteiger charge is 2.12. The molecule has 4 rings (SSSR count). The van der Waals surface area contributed by atoms with Gasteiger partial charge in [-0.2, -0.15) is 9.61 Å². The van der Waals surface area contributed by atoms with Crippen LogP contribution in [0.25, 0.3) is 15.5 Å². The largest absolute Gasteiger partial charge is 0.322 e. The van der Waals surface area contributed by atoms with Crippen LogP contribution in [0.3, 0.4) is 0 Å². The highest BCUT2D eigenvalue weighted by atomic mass is 35.5. The summed E-state index contributed by atoms with van der Waals surface area (Å²) in [4.78, 5) is 16.9. The number of aromatic nitrogens is 5. The normalized spacial score (nSPS) is 11.0. The molecule has 3 heterocycles. The van der Waals surface area contributed by atoms with E-state index in [1.807, 2.05) is 31.2 Å². The third-order valence-electron chi connectivity index (χ3n) is 3.54. The quantitative estimate of drug-likeness (QED) is 0.558. The number of nitrogens with one attached hydrogen (secondary N) is 1. The SMILES string of the molecule is Cc1nnc2sc(-c3ccc(NC(=O)c4cccnc4Cl)cc3)nn12. The average molecular weight is 371 g/mol. The van der Waals surface area contributed by atoms with Crippen LogP contribution in [0.1, 0.15) is 16.2 Å². The van der Waals surface area contributed by atoms with E-state index in [0.29, 0.717) is 11.3 Å². The summed E-state index contributed by atoms with van der Waals surface area (Å²) in [6.45, 7) is 1.85. The molecule has 0 aliphatic carbocycles. The number of hydrogen-bond donors (Lipinski definition) is 1. The summed E-state index contributed by atoms with van der Waals surface area (Å²) in [6, 6.07) is 10.7. The van der Waals surface area contributed by atoms with Crippen LogP contribution < -0.4 is 5.32 Å². The lowest BCUT2D eigenvalue weighted by Gasteiger charge is -2.06. The molecular weight excluding hydrogens is 360 g/mol. The van der Waals surface area contributed by atoms with Crippen molar-refractivity contribution in [3.63, 3.8) is 0 Å². The topological polar surface area (TPSA) is 85.1 Å². The van der Waals surface area contributed by atoms with Crippen LogP contribution in [0, 0.1) is 6.92 Å². The number of carbonyl (C=O) groups is 1. The van der Waals surface area contributed by atoms with Gasteiger partial charge in [-0.05, 0) is 43.3 Å². The molecule has 7 nitrogen and oxygen atoms in total. The molecule has 0 aliphatic rings. The molecule has 0 saturated heterocycles. The molecule has 25 heavy (non-hydrogen) atoms. The molecule has 1 aromatic carbocycles. The Morgan fingerprint density at radius 1 is 1.20 bits per heavy atom. The van der Waals surface area contributed by atoms with Gasteiger partial charge in [0.05, 0.1) is 5.56 Å². The molecule has 1 amide bonds. The Morgan fingerprint density at radius 3 is 2.72 bits per heavy atom. The number of benzene rings is 1. The maximum Gasteiger partial charge on any atom is 0.258 e. The first kappa shape index (κ1) is 15.7. The molecule has 0 spiro atoms. The van der Waals surface area contributed by atoms with Crippen LogP contribution in [-0.4, -0.2) is 30.7 Å². The van der Waals surface area contributed by atoms with E-state index in [1.54, 1.807) is 16.6 Å². The zero-order valence-corrected chi connectivity index (χ0v) is 14.5. The van der Waals surface area contributed by atoms with Crippen molar-refractivity contribution in [3.05, 3.63) is 59.1 Å². The molecule has 3 aromatic heterocycles. The minimum atomic E-state index is -0.305. The third-order valence-corrected chi connectivity index (χ3v) is 4.79. The van der Waals surface area contributed by atoms with E-state index in [1.165, 1.54) is 17.5 Å². The number of anilines is 1. The Labute approximate surface area is 151 Å². The number of nitrogens with zero attached hydrogens (tertiary/aromatic N) is 5. The van der Waals surface area contributed by atoms with Crippen LogP contribution in [-0.2, 0) is 0 Å². The van der Waals surface area contributed by atoms with E-state index in [4.69, 9.17) is 11.6 Å². The van der Waals surface area contributed by atoms with Gasteiger partial charge in [-0.15, -0.1) is 10.2 Å². The highest BCUT2D eigenvalue weighted by molar-refractivity contribution is 7.19. The predicted octanol–water partition coefficient (Wildman–Crippen LogP) is 3.46. The lowest BCUT2D eigenvalue weighted by Crippen LogP contribution is -2.12. The summed E-state index contributed by atoms with van der Waals surface area (Å²) in [5.41, 5.74) is 1.93. The van der Waals surface area contributed by atoms with Gasteiger partial charge in [0.15, 0.2) is 5.82 Å². The fourth-order valence-electron chi connectivity index (χ4n) is 2.28. The van der Waals surface area contributed by atoms with Crippen LogP contribution in [0.15, 0.2) is 42.6 Å². The number of rotatable bonds is 3. The Balaban J connectivity index is 1.55. The van der Waals surface area contributed by atoms with Gasteiger partial charge in [-0.25, -0.2) is 4.98 Å². The second-order valence-corrected chi connectivity index (χ2v) is 6.54. The van der Waals surface area contributed by atoms with Crippen molar-refractivity contribution in [2.75, 3.05) is 5.32 Å². The molecule has 1 N–H and O–H groups in total. The summed E-state index contributed by atoms with van der Waals surface area (Å²) in [6.07, 6.45) is 1.54. The predicted molar refractivity (Wildman–Crippen MR) is 96.0 cm³/mol. The van der Waals surface area contributed by atoms with Gasteiger partial charge in [0.1, 0.15) is 10.2 Å². The van der Waals surface area contributed by atoms with Crippen molar-refractivity contribution < 1.29 is 4.79 Å². The van der Waals surface area contributed by atoms with E-state index in [9.17, 15) is 4.79 Å². The summed E-state index contributed by atoms with van der Waals surface area (Å²) >= 11 is 7.39. The Morgan fingerprint density at radius 2 is 2.00 bits per heavy atom. The molecular formula is C16H11ClN6OS. The monoisotopic (exact) mass is 370 g/mol. The van der Waals surface area contributed by atoms with Crippen molar-refractivity contribution in [3.8, 4) is 10.6 Å². The number of halogens is 1. The Bertz CT molecular complexity index is 1070. The molecule has 0 unspecified atom stereocenters. The van der Waals surface area contributed by atoms with Gasteiger partial charge in [0, 0.05) is 17.4 Å². The van der Waals surface area contributed by atoms with Gasteiger partial charge in [0.25, 0.3) is 5.91 Å². The van der Waals surface area contributed by atoms with Gasteiger partial charge >= 0.3 is 0 Å². The highest BCUT2D eigenvalue weighted by Crippen LogP contribution is 2.26. The van der Waals surface area contributed by atoms with E-state index in [2.05, 4.69) is 25.6 Å². The minimum absolute atomic E-state index is 0.173. The molecule has 0 saturated carbocycles. The number of fused-ring (bicyclic) bond motifs is 1. The Hall–Kier alpha value is -2.84. The van der Waals surface area contributed by atoms with Crippen molar-refractivity contribution in [2.24, 2.45) is 0 Å². The van der Waals surface area contributed by atoms with Gasteiger partial charge in [-0.1, -0.05) is 22.9 Å². The molecule has 0 radical (unpaired) electrons. The van der Waals surface area contributed by atoms with Crippen molar-refractivity contribution in [1.29, 1.82) is 0 Å². The first-order valence-electron chi connectivity index (χ1n) is 7.33. The van der Waals surface area contributed by atoms with Crippen LogP contribution in [0.4, 0.5) is 5.69 Å². The fraction of sp³-hybridized carbons (Fsp3) is 0.0625. The lowest BCUT2D eigenvalue weighted by atomic mass is 10.2. The maximum atomic E-state index is 12.2. The number of carbonyl (C=O) groups excluding carboxylic acids is 1. The minimum Gasteiger partial charge on any atom is -0.322 e. The van der Waals surface area contributed by atoms with Gasteiger partial charge in [0.2, 0.25) is 4.96 Å². The lowest BCUT2D eigenvalue weighted by molar-refractivity contribution is 0.102. The van der Waals surface area contributed by atoms with Crippen molar-refractivity contribution in [1.82, 2.24) is 24.8 Å². The smallest absolute Gasteiger partial charge is 0.258 e. The summed E-state index contributed by atoms with van der Waals surface area (Å²) in [5.74, 6) is 0.440. The molecule has 124 valence electrons. The van der Waals surface area contributed by atoms with Crippen LogP contribution >= 0.6 is 22.9 Å². The van der Waals surface area contributed by atoms with E-state index in [0.717, 1.165) is 21.4 Å². The molecule has 0 atom stereocenters. The first-order valence-corrected chi connectivity index (χ1v) is 8.52.